The Balaban J connectivity index is 1.95. The molecule has 6 heteroatoms. The first-order chi connectivity index (χ1) is 13.9. The van der Waals surface area contributed by atoms with Crippen molar-refractivity contribution in [3.8, 4) is 0 Å². The number of amides is 2. The minimum atomic E-state index is 0.0305. The van der Waals surface area contributed by atoms with Gasteiger partial charge in [0, 0.05) is 32.5 Å². The number of fused-ring (bicyclic) bond motifs is 1. The molecule has 0 saturated carbocycles. The second-order valence-electron chi connectivity index (χ2n) is 8.03. The molecule has 0 spiro atoms. The van der Waals surface area contributed by atoms with Gasteiger partial charge < -0.3 is 14.8 Å². The van der Waals surface area contributed by atoms with E-state index >= 15 is 0 Å². The molecule has 0 unspecified atom stereocenters. The van der Waals surface area contributed by atoms with Crippen LogP contribution in [0, 0.1) is 5.92 Å². The van der Waals surface area contributed by atoms with Crippen LogP contribution in [0.2, 0.25) is 0 Å². The summed E-state index contributed by atoms with van der Waals surface area (Å²) in [6.45, 7) is 7.78. The van der Waals surface area contributed by atoms with Crippen molar-refractivity contribution in [1.29, 1.82) is 0 Å². The van der Waals surface area contributed by atoms with Crippen LogP contribution in [0.1, 0.15) is 58.7 Å². The predicted octanol–water partition coefficient (Wildman–Crippen LogP) is 3.78. The fourth-order valence-electron chi connectivity index (χ4n) is 3.27. The highest BCUT2D eigenvalue weighted by Gasteiger charge is 2.15. The molecule has 1 aromatic heterocycles. The van der Waals surface area contributed by atoms with Crippen LogP contribution >= 0.6 is 0 Å². The highest BCUT2D eigenvalue weighted by molar-refractivity contribution is 5.81. The maximum atomic E-state index is 12.7. The van der Waals surface area contributed by atoms with Crippen molar-refractivity contribution in [3.63, 3.8) is 0 Å². The number of imidazole rings is 1. The van der Waals surface area contributed by atoms with E-state index in [-0.39, 0.29) is 17.7 Å². The van der Waals surface area contributed by atoms with E-state index in [1.165, 1.54) is 0 Å². The number of carbonyl (C=O) groups excluding carboxylic acids is 2. The fraction of sp³-hybridized carbons (Fsp3) is 0.609. The Morgan fingerprint density at radius 3 is 2.62 bits per heavy atom. The quantitative estimate of drug-likeness (QED) is 0.551. The van der Waals surface area contributed by atoms with E-state index in [1.807, 2.05) is 50.1 Å². The highest BCUT2D eigenvalue weighted by Crippen LogP contribution is 2.18. The molecule has 2 amide bonds. The summed E-state index contributed by atoms with van der Waals surface area (Å²) in [6, 6.07) is 8.01. The van der Waals surface area contributed by atoms with E-state index in [1.54, 1.807) is 0 Å². The van der Waals surface area contributed by atoms with E-state index in [0.717, 1.165) is 61.9 Å². The second kappa shape index (κ2) is 11.6. The van der Waals surface area contributed by atoms with Gasteiger partial charge in [-0.15, -0.1) is 0 Å². The lowest BCUT2D eigenvalue weighted by Crippen LogP contribution is -2.31. The third-order valence-corrected chi connectivity index (χ3v) is 5.20. The Bertz CT molecular complexity index is 797. The molecule has 0 atom stereocenters. The molecule has 1 heterocycles. The molecular weight excluding hydrogens is 364 g/mol. The summed E-state index contributed by atoms with van der Waals surface area (Å²) in [6.07, 6.45) is 5.89. The first kappa shape index (κ1) is 22.9. The lowest BCUT2D eigenvalue weighted by Gasteiger charge is -2.18. The van der Waals surface area contributed by atoms with E-state index in [0.29, 0.717) is 13.1 Å². The van der Waals surface area contributed by atoms with E-state index < -0.39 is 0 Å². The van der Waals surface area contributed by atoms with Crippen molar-refractivity contribution in [2.24, 2.45) is 5.92 Å². The zero-order valence-electron chi connectivity index (χ0n) is 18.4. The third kappa shape index (κ3) is 6.87. The maximum Gasteiger partial charge on any atom is 0.242 e. The Hall–Kier alpha value is -2.37. The van der Waals surface area contributed by atoms with Gasteiger partial charge in [0.2, 0.25) is 11.8 Å². The maximum absolute atomic E-state index is 12.7. The minimum Gasteiger partial charge on any atom is -0.356 e. The minimum absolute atomic E-state index is 0.0305. The van der Waals surface area contributed by atoms with Crippen LogP contribution < -0.4 is 5.32 Å². The smallest absolute Gasteiger partial charge is 0.242 e. The van der Waals surface area contributed by atoms with E-state index in [9.17, 15) is 9.59 Å². The molecule has 0 aliphatic rings. The van der Waals surface area contributed by atoms with Gasteiger partial charge in [0.05, 0.1) is 11.0 Å². The van der Waals surface area contributed by atoms with Crippen LogP contribution in [0.5, 0.6) is 0 Å². The lowest BCUT2D eigenvalue weighted by molar-refractivity contribution is -0.130. The summed E-state index contributed by atoms with van der Waals surface area (Å²) in [5, 5.41) is 2.96. The summed E-state index contributed by atoms with van der Waals surface area (Å²) >= 11 is 0. The number of unbranched alkanes of at least 4 members (excludes halogenated alkanes) is 3. The number of nitrogens with zero attached hydrogens (tertiary/aromatic N) is 3. The second-order valence-corrected chi connectivity index (χ2v) is 8.03. The van der Waals surface area contributed by atoms with Crippen molar-refractivity contribution in [2.75, 3.05) is 20.1 Å². The Kier molecular flexibility index (Phi) is 9.16. The topological polar surface area (TPSA) is 67.2 Å². The number of para-hydroxylation sites is 2. The van der Waals surface area contributed by atoms with Crippen molar-refractivity contribution in [1.82, 2.24) is 19.8 Å². The molecule has 0 fully saturated rings. The molecule has 0 radical (unpaired) electrons. The highest BCUT2D eigenvalue weighted by atomic mass is 16.2. The Labute approximate surface area is 174 Å². The lowest BCUT2D eigenvalue weighted by atomic mass is 10.1. The average molecular weight is 401 g/mol. The summed E-state index contributed by atoms with van der Waals surface area (Å²) < 4.78 is 2.07. The summed E-state index contributed by atoms with van der Waals surface area (Å²) in [7, 11) is 1.88. The van der Waals surface area contributed by atoms with Crippen LogP contribution in [0.15, 0.2) is 24.3 Å². The molecule has 2 rings (SSSR count). The molecule has 6 nitrogen and oxygen atoms in total. The van der Waals surface area contributed by atoms with Gasteiger partial charge in [-0.25, -0.2) is 4.98 Å². The molecule has 1 N–H and O–H groups in total. The standard InChI is InChI=1S/C23H36N4O2/c1-5-6-16-26(4)22(28)17-27-20-13-10-9-12-19(20)25-21(27)14-8-7-11-15-24-23(29)18(2)3/h9-10,12-13,18H,5-8,11,14-17H2,1-4H3,(H,24,29). The molecule has 0 saturated heterocycles. The van der Waals surface area contributed by atoms with Gasteiger partial charge in [0.1, 0.15) is 12.4 Å². The van der Waals surface area contributed by atoms with Gasteiger partial charge in [0.15, 0.2) is 0 Å². The molecule has 29 heavy (non-hydrogen) atoms. The summed E-state index contributed by atoms with van der Waals surface area (Å²) in [5.74, 6) is 1.23. The van der Waals surface area contributed by atoms with Gasteiger partial charge in [-0.2, -0.15) is 0 Å². The van der Waals surface area contributed by atoms with Gasteiger partial charge in [-0.05, 0) is 31.4 Å². The monoisotopic (exact) mass is 400 g/mol. The largest absolute Gasteiger partial charge is 0.356 e. The molecule has 0 bridgehead atoms. The number of carbonyl (C=O) groups is 2. The first-order valence-corrected chi connectivity index (χ1v) is 10.9. The zero-order valence-corrected chi connectivity index (χ0v) is 18.4. The van der Waals surface area contributed by atoms with Crippen LogP contribution in [0.25, 0.3) is 11.0 Å². The van der Waals surface area contributed by atoms with Gasteiger partial charge in [-0.1, -0.05) is 45.7 Å². The van der Waals surface area contributed by atoms with Crippen LogP contribution in [0.3, 0.4) is 0 Å². The molecule has 160 valence electrons. The van der Waals surface area contributed by atoms with Crippen LogP contribution in [-0.2, 0) is 22.6 Å². The number of nitrogens with one attached hydrogen (secondary N) is 1. The number of aromatic nitrogens is 2. The molecule has 0 aliphatic heterocycles. The number of hydrogen-bond acceptors (Lipinski definition) is 3. The SMILES string of the molecule is CCCCN(C)C(=O)Cn1c(CCCCCNC(=O)C(C)C)nc2ccccc21. The van der Waals surface area contributed by atoms with E-state index in [2.05, 4.69) is 16.8 Å². The average Bonchev–Trinajstić information content (AvgIpc) is 3.05. The third-order valence-electron chi connectivity index (χ3n) is 5.20. The van der Waals surface area contributed by atoms with Crippen molar-refractivity contribution < 1.29 is 9.59 Å². The number of aryl methyl sites for hydroxylation is 1. The molecule has 2 aromatic rings. The molecule has 1 aromatic carbocycles. The Morgan fingerprint density at radius 2 is 1.90 bits per heavy atom. The normalized spacial score (nSPS) is 11.2. The predicted molar refractivity (Wildman–Crippen MR) is 118 cm³/mol. The van der Waals surface area contributed by atoms with Crippen LogP contribution in [0.4, 0.5) is 0 Å². The summed E-state index contributed by atoms with van der Waals surface area (Å²) in [5.41, 5.74) is 1.96. The number of hydrogen-bond donors (Lipinski definition) is 1. The van der Waals surface area contributed by atoms with Gasteiger partial charge >= 0.3 is 0 Å². The summed E-state index contributed by atoms with van der Waals surface area (Å²) in [4.78, 5) is 30.9. The zero-order chi connectivity index (χ0) is 21.2. The molecular formula is C23H36N4O2. The number of benzene rings is 1. The van der Waals surface area contributed by atoms with Crippen molar-refractivity contribution in [2.45, 2.75) is 65.8 Å². The van der Waals surface area contributed by atoms with Crippen LogP contribution in [-0.4, -0.2) is 46.4 Å². The van der Waals surface area contributed by atoms with Gasteiger partial charge in [0.25, 0.3) is 0 Å². The number of rotatable bonds is 12. The first-order valence-electron chi connectivity index (χ1n) is 10.9. The fourth-order valence-corrected chi connectivity index (χ4v) is 3.27. The van der Waals surface area contributed by atoms with Crippen molar-refractivity contribution >= 4 is 22.8 Å². The Morgan fingerprint density at radius 1 is 1.14 bits per heavy atom. The molecule has 0 aliphatic carbocycles. The van der Waals surface area contributed by atoms with Gasteiger partial charge in [-0.3, -0.25) is 9.59 Å². The van der Waals surface area contributed by atoms with E-state index in [4.69, 9.17) is 4.98 Å². The van der Waals surface area contributed by atoms with Crippen molar-refractivity contribution in [3.05, 3.63) is 30.1 Å². The number of likely N-dealkylation sites (N-methyl/N-ethyl adjacent to an activating group) is 1.